The Kier molecular flexibility index (Phi) is 4.47. The first kappa shape index (κ1) is 17.0. The molecule has 0 bridgehead atoms. The van der Waals surface area contributed by atoms with Crippen LogP contribution >= 0.6 is 0 Å². The summed E-state index contributed by atoms with van der Waals surface area (Å²) in [7, 11) is 0. The number of benzene rings is 3. The molecule has 0 aliphatic carbocycles. The Bertz CT molecular complexity index is 963. The molecule has 134 valence electrons. The third-order valence-electron chi connectivity index (χ3n) is 4.90. The van der Waals surface area contributed by atoms with Crippen LogP contribution in [0.3, 0.4) is 0 Å². The van der Waals surface area contributed by atoms with E-state index in [0.29, 0.717) is 17.7 Å². The minimum Gasteiger partial charge on any atom is -0.353 e. The Labute approximate surface area is 158 Å². The van der Waals surface area contributed by atoms with Crippen LogP contribution < -0.4 is 4.90 Å². The molecule has 0 saturated carbocycles. The summed E-state index contributed by atoms with van der Waals surface area (Å²) in [6, 6.07) is 25.2. The number of para-hydroxylation sites is 1. The maximum Gasteiger partial charge on any atom is 0.263 e. The van der Waals surface area contributed by atoms with Crippen molar-refractivity contribution in [2.75, 3.05) is 18.1 Å². The number of carbonyl (C=O) groups is 2. The number of anilines is 1. The molecular formula is C23H20N2O2. The Morgan fingerprint density at radius 1 is 0.704 bits per heavy atom. The average molecular weight is 356 g/mol. The molecule has 2 amide bonds. The van der Waals surface area contributed by atoms with E-state index in [4.69, 9.17) is 0 Å². The smallest absolute Gasteiger partial charge is 0.263 e. The molecule has 0 fully saturated rings. The van der Waals surface area contributed by atoms with Gasteiger partial charge in [-0.15, -0.1) is 0 Å². The lowest BCUT2D eigenvalue weighted by Crippen LogP contribution is -2.41. The highest BCUT2D eigenvalue weighted by Crippen LogP contribution is 2.32. The highest BCUT2D eigenvalue weighted by molar-refractivity contribution is 6.21. The number of nitrogens with zero attached hydrogens (tertiary/aromatic N) is 2. The van der Waals surface area contributed by atoms with E-state index in [-0.39, 0.29) is 18.5 Å². The summed E-state index contributed by atoms with van der Waals surface area (Å²) in [6.07, 6.45) is 0. The summed E-state index contributed by atoms with van der Waals surface area (Å²) in [6.45, 7) is 2.93. The number of fused-ring (bicyclic) bond motifs is 1. The van der Waals surface area contributed by atoms with Crippen LogP contribution in [0.1, 0.15) is 27.6 Å². The molecule has 4 heteroatoms. The van der Waals surface area contributed by atoms with Gasteiger partial charge in [-0.1, -0.05) is 60.7 Å². The number of hydrogen-bond donors (Lipinski definition) is 0. The largest absolute Gasteiger partial charge is 0.353 e. The van der Waals surface area contributed by atoms with Crippen molar-refractivity contribution in [2.45, 2.75) is 6.92 Å². The van der Waals surface area contributed by atoms with Crippen molar-refractivity contribution in [2.24, 2.45) is 0 Å². The summed E-state index contributed by atoms with van der Waals surface area (Å²) in [5.74, 6) is -0.461. The van der Waals surface area contributed by atoms with Crippen LogP contribution in [0.25, 0.3) is 11.1 Å². The van der Waals surface area contributed by atoms with Gasteiger partial charge in [0.15, 0.2) is 0 Å². The fourth-order valence-electron chi connectivity index (χ4n) is 3.50. The molecule has 1 aliphatic rings. The standard InChI is InChI=1S/C23H20N2O2/c1-2-24(16-25-22(26)19-13-6-7-14-20(19)23(25)27)21-15-9-8-12-18(21)17-10-4-3-5-11-17/h3-15H,2,16H2,1H3. The maximum atomic E-state index is 12.7. The van der Waals surface area contributed by atoms with E-state index < -0.39 is 0 Å². The van der Waals surface area contributed by atoms with Crippen LogP contribution in [-0.2, 0) is 0 Å². The van der Waals surface area contributed by atoms with E-state index in [0.717, 1.165) is 16.8 Å². The Hall–Kier alpha value is -3.40. The third kappa shape index (κ3) is 2.99. The number of rotatable bonds is 5. The van der Waals surface area contributed by atoms with Gasteiger partial charge in [0.1, 0.15) is 6.67 Å². The van der Waals surface area contributed by atoms with Crippen molar-refractivity contribution in [1.29, 1.82) is 0 Å². The molecule has 1 heterocycles. The van der Waals surface area contributed by atoms with E-state index in [9.17, 15) is 9.59 Å². The van der Waals surface area contributed by atoms with Gasteiger partial charge in [-0.2, -0.15) is 0 Å². The van der Waals surface area contributed by atoms with Gasteiger partial charge < -0.3 is 4.90 Å². The number of carbonyl (C=O) groups excluding carboxylic acids is 2. The number of imide groups is 1. The lowest BCUT2D eigenvalue weighted by Gasteiger charge is -2.29. The molecular weight excluding hydrogens is 336 g/mol. The molecule has 3 aromatic carbocycles. The topological polar surface area (TPSA) is 40.6 Å². The van der Waals surface area contributed by atoms with Gasteiger partial charge in [-0.05, 0) is 30.7 Å². The summed E-state index contributed by atoms with van der Waals surface area (Å²) >= 11 is 0. The molecule has 0 atom stereocenters. The molecule has 0 aromatic heterocycles. The molecule has 0 N–H and O–H groups in total. The van der Waals surface area contributed by atoms with Crippen LogP contribution in [-0.4, -0.2) is 29.9 Å². The molecule has 0 radical (unpaired) electrons. The van der Waals surface area contributed by atoms with Crippen LogP contribution in [0.15, 0.2) is 78.9 Å². The SMILES string of the molecule is CCN(CN1C(=O)c2ccccc2C1=O)c1ccccc1-c1ccccc1. The Morgan fingerprint density at radius 3 is 1.81 bits per heavy atom. The second-order valence-electron chi connectivity index (χ2n) is 6.46. The van der Waals surface area contributed by atoms with Crippen molar-refractivity contribution in [1.82, 2.24) is 4.90 Å². The fourth-order valence-corrected chi connectivity index (χ4v) is 3.50. The molecule has 4 rings (SSSR count). The maximum absolute atomic E-state index is 12.7. The van der Waals surface area contributed by atoms with Crippen LogP contribution in [0.2, 0.25) is 0 Å². The summed E-state index contributed by atoms with van der Waals surface area (Å²) < 4.78 is 0. The predicted molar refractivity (Wildman–Crippen MR) is 107 cm³/mol. The fraction of sp³-hybridized carbons (Fsp3) is 0.130. The van der Waals surface area contributed by atoms with Gasteiger partial charge in [0, 0.05) is 17.8 Å². The van der Waals surface area contributed by atoms with Crippen molar-refractivity contribution < 1.29 is 9.59 Å². The quantitative estimate of drug-likeness (QED) is 0.635. The van der Waals surface area contributed by atoms with Gasteiger partial charge in [0.25, 0.3) is 11.8 Å². The van der Waals surface area contributed by atoms with E-state index in [1.807, 2.05) is 43.3 Å². The van der Waals surface area contributed by atoms with Gasteiger partial charge in [0.05, 0.1) is 11.1 Å². The first-order valence-corrected chi connectivity index (χ1v) is 9.05. The molecule has 3 aromatic rings. The molecule has 0 saturated heterocycles. The minimum atomic E-state index is -0.230. The second kappa shape index (κ2) is 7.08. The highest BCUT2D eigenvalue weighted by atomic mass is 16.2. The number of hydrogen-bond acceptors (Lipinski definition) is 3. The van der Waals surface area contributed by atoms with Crippen molar-refractivity contribution >= 4 is 17.5 Å². The summed E-state index contributed by atoms with van der Waals surface area (Å²) in [5.41, 5.74) is 4.15. The van der Waals surface area contributed by atoms with Crippen molar-refractivity contribution in [3.8, 4) is 11.1 Å². The zero-order valence-electron chi connectivity index (χ0n) is 15.1. The molecule has 27 heavy (non-hydrogen) atoms. The van der Waals surface area contributed by atoms with Gasteiger partial charge in [-0.25, -0.2) is 0 Å². The van der Waals surface area contributed by atoms with E-state index in [1.54, 1.807) is 24.3 Å². The van der Waals surface area contributed by atoms with Crippen molar-refractivity contribution in [3.05, 3.63) is 90.0 Å². The monoisotopic (exact) mass is 356 g/mol. The first-order chi connectivity index (χ1) is 13.2. The summed E-state index contributed by atoms with van der Waals surface area (Å²) in [5, 5.41) is 0. The second-order valence-corrected chi connectivity index (χ2v) is 6.46. The zero-order chi connectivity index (χ0) is 18.8. The third-order valence-corrected chi connectivity index (χ3v) is 4.90. The molecule has 0 spiro atoms. The Morgan fingerprint density at radius 2 is 1.22 bits per heavy atom. The zero-order valence-corrected chi connectivity index (χ0v) is 15.1. The average Bonchev–Trinajstić information content (AvgIpc) is 2.97. The lowest BCUT2D eigenvalue weighted by molar-refractivity contribution is 0.0654. The first-order valence-electron chi connectivity index (χ1n) is 9.05. The van der Waals surface area contributed by atoms with Crippen LogP contribution in [0, 0.1) is 0 Å². The van der Waals surface area contributed by atoms with Crippen LogP contribution in [0.4, 0.5) is 5.69 Å². The minimum absolute atomic E-state index is 0.229. The molecule has 4 nitrogen and oxygen atoms in total. The van der Waals surface area contributed by atoms with E-state index >= 15 is 0 Å². The van der Waals surface area contributed by atoms with Crippen LogP contribution in [0.5, 0.6) is 0 Å². The van der Waals surface area contributed by atoms with Gasteiger partial charge >= 0.3 is 0 Å². The molecule has 0 unspecified atom stereocenters. The van der Waals surface area contributed by atoms with Crippen molar-refractivity contribution in [3.63, 3.8) is 0 Å². The van der Waals surface area contributed by atoms with Gasteiger partial charge in [-0.3, -0.25) is 14.5 Å². The number of amides is 2. The van der Waals surface area contributed by atoms with E-state index in [2.05, 4.69) is 23.1 Å². The highest BCUT2D eigenvalue weighted by Gasteiger charge is 2.36. The normalized spacial score (nSPS) is 13.0. The Balaban J connectivity index is 1.67. The predicted octanol–water partition coefficient (Wildman–Crippen LogP) is 4.43. The van der Waals surface area contributed by atoms with Gasteiger partial charge in [0.2, 0.25) is 0 Å². The lowest BCUT2D eigenvalue weighted by atomic mass is 10.0. The van der Waals surface area contributed by atoms with E-state index in [1.165, 1.54) is 4.90 Å². The molecule has 1 aliphatic heterocycles. The summed E-state index contributed by atoms with van der Waals surface area (Å²) in [4.78, 5) is 28.8.